The van der Waals surface area contributed by atoms with E-state index < -0.39 is 0 Å². The van der Waals surface area contributed by atoms with Gasteiger partial charge < -0.3 is 20.4 Å². The number of benzene rings is 2. The molecule has 9 nitrogen and oxygen atoms in total. The first-order chi connectivity index (χ1) is 12.6. The fourth-order valence-electron chi connectivity index (χ4n) is 2.51. The first-order valence-electron chi connectivity index (χ1n) is 7.65. The molecule has 130 valence electrons. The molecule has 0 radical (unpaired) electrons. The normalized spacial score (nSPS) is 13.6. The van der Waals surface area contributed by atoms with E-state index in [1.54, 1.807) is 42.5 Å². The maximum absolute atomic E-state index is 10.1. The van der Waals surface area contributed by atoms with Crippen LogP contribution in [0.25, 0.3) is 11.0 Å². The molecule has 4 N–H and O–H groups in total. The van der Waals surface area contributed by atoms with E-state index in [0.717, 1.165) is 5.56 Å². The van der Waals surface area contributed by atoms with Crippen LogP contribution in [0.15, 0.2) is 52.7 Å². The summed E-state index contributed by atoms with van der Waals surface area (Å²) >= 11 is 0. The topological polar surface area (TPSA) is 131 Å². The number of nitrogens with zero attached hydrogens (tertiary/aromatic N) is 4. The third-order valence-electron chi connectivity index (χ3n) is 3.79. The largest absolute Gasteiger partial charge is 0.454 e. The Labute approximate surface area is 147 Å². The molecule has 1 aliphatic heterocycles. The lowest BCUT2D eigenvalue weighted by molar-refractivity contribution is 0.174. The third kappa shape index (κ3) is 2.71. The Hall–Kier alpha value is -3.88. The molecule has 2 aromatic carbocycles. The molecule has 3 aromatic rings. The molecule has 0 saturated heterocycles. The summed E-state index contributed by atoms with van der Waals surface area (Å²) in [6.45, 7) is 0.197. The Morgan fingerprint density at radius 2 is 2.04 bits per heavy atom. The summed E-state index contributed by atoms with van der Waals surface area (Å²) in [7, 11) is 0. The van der Waals surface area contributed by atoms with E-state index in [0.29, 0.717) is 27.3 Å². The zero-order valence-electron chi connectivity index (χ0n) is 13.5. The van der Waals surface area contributed by atoms with Gasteiger partial charge >= 0.3 is 0 Å². The summed E-state index contributed by atoms with van der Waals surface area (Å²) in [5.74, 6) is 1.23. The molecule has 0 atom stereocenters. The van der Waals surface area contributed by atoms with Gasteiger partial charge in [-0.3, -0.25) is 5.41 Å². The monoisotopic (exact) mass is 350 g/mol. The molecule has 0 amide bonds. The van der Waals surface area contributed by atoms with Gasteiger partial charge in [0.25, 0.3) is 0 Å². The molecule has 0 spiro atoms. The van der Waals surface area contributed by atoms with Crippen molar-refractivity contribution in [2.24, 2.45) is 15.9 Å². The highest BCUT2D eigenvalue weighted by atomic mass is 16.7. The van der Waals surface area contributed by atoms with Gasteiger partial charge in [-0.05, 0) is 35.9 Å². The van der Waals surface area contributed by atoms with Gasteiger partial charge in [-0.15, -0.1) is 5.10 Å². The van der Waals surface area contributed by atoms with E-state index in [2.05, 4.69) is 15.2 Å². The van der Waals surface area contributed by atoms with Crippen LogP contribution in [-0.4, -0.2) is 33.8 Å². The van der Waals surface area contributed by atoms with E-state index in [-0.39, 0.29) is 23.8 Å². The van der Waals surface area contributed by atoms with Gasteiger partial charge in [-0.1, -0.05) is 12.1 Å². The second kappa shape index (κ2) is 6.20. The van der Waals surface area contributed by atoms with E-state index >= 15 is 0 Å². The minimum Gasteiger partial charge on any atom is -0.454 e. The van der Waals surface area contributed by atoms with Crippen molar-refractivity contribution in [3.05, 3.63) is 59.2 Å². The molecule has 2 heterocycles. The number of para-hydroxylation sites is 2. The molecule has 4 rings (SSSR count). The molecule has 0 saturated carbocycles. The van der Waals surface area contributed by atoms with Crippen molar-refractivity contribution in [3.63, 3.8) is 0 Å². The van der Waals surface area contributed by atoms with E-state index in [1.807, 2.05) is 0 Å². The summed E-state index contributed by atoms with van der Waals surface area (Å²) < 4.78 is 11.2. The predicted octanol–water partition coefficient (Wildman–Crippen LogP) is 1.22. The fraction of sp³-hybridized carbons (Fsp3) is 0.0588. The second-order valence-electron chi connectivity index (χ2n) is 5.45. The average Bonchev–Trinajstić information content (AvgIpc) is 3.12. The lowest BCUT2D eigenvalue weighted by Gasteiger charge is -2.06. The summed E-state index contributed by atoms with van der Waals surface area (Å²) in [5, 5.41) is 25.9. The van der Waals surface area contributed by atoms with Crippen molar-refractivity contribution in [2.75, 3.05) is 6.79 Å². The molecular formula is C17H14N6O3. The Bertz CT molecular complexity index is 1120. The molecule has 1 aliphatic rings. The smallest absolute Gasteiger partial charge is 0.231 e. The van der Waals surface area contributed by atoms with Gasteiger partial charge in [-0.2, -0.15) is 9.83 Å². The Morgan fingerprint density at radius 3 is 2.92 bits per heavy atom. The van der Waals surface area contributed by atoms with Crippen LogP contribution in [0.1, 0.15) is 11.3 Å². The SMILES string of the molecule is N=c1c(/C(N)=N/N=C\c2ccc3c(c2)OCO3)nc2ccccc2n1O. The summed E-state index contributed by atoms with van der Waals surface area (Å²) in [5.41, 5.74) is 7.29. The molecular weight excluding hydrogens is 336 g/mol. The lowest BCUT2D eigenvalue weighted by atomic mass is 10.2. The van der Waals surface area contributed by atoms with Crippen molar-refractivity contribution >= 4 is 23.1 Å². The van der Waals surface area contributed by atoms with Crippen LogP contribution in [0.4, 0.5) is 0 Å². The number of fused-ring (bicyclic) bond motifs is 2. The standard InChI is InChI=1S/C17H14N6O3/c18-16(15-17(19)23(24)12-4-2-1-3-11(12)21-15)22-20-8-10-5-6-13-14(7-10)26-9-25-13/h1-8,19,24H,9H2,(H2,18,22)/b19-17?,20-8-. The maximum Gasteiger partial charge on any atom is 0.231 e. The quantitative estimate of drug-likeness (QED) is 0.283. The highest BCUT2D eigenvalue weighted by molar-refractivity contribution is 5.97. The van der Waals surface area contributed by atoms with Crippen LogP contribution in [0.5, 0.6) is 11.5 Å². The molecule has 1 aromatic heterocycles. The number of hydrogen-bond acceptors (Lipinski definition) is 7. The first kappa shape index (κ1) is 15.6. The zero-order chi connectivity index (χ0) is 18.1. The van der Waals surface area contributed by atoms with Crippen molar-refractivity contribution in [1.29, 1.82) is 5.41 Å². The van der Waals surface area contributed by atoms with Gasteiger partial charge in [0.05, 0.1) is 11.7 Å². The summed E-state index contributed by atoms with van der Waals surface area (Å²) in [6, 6.07) is 12.2. The molecule has 0 aliphatic carbocycles. The van der Waals surface area contributed by atoms with Crippen LogP contribution in [0.2, 0.25) is 0 Å². The van der Waals surface area contributed by atoms with Gasteiger partial charge in [-0.25, -0.2) is 4.98 Å². The van der Waals surface area contributed by atoms with Crippen LogP contribution in [-0.2, 0) is 0 Å². The van der Waals surface area contributed by atoms with Crippen LogP contribution >= 0.6 is 0 Å². The number of nitrogens with one attached hydrogen (secondary N) is 1. The Balaban J connectivity index is 1.65. The highest BCUT2D eigenvalue weighted by Gasteiger charge is 2.13. The molecule has 9 heteroatoms. The number of amidine groups is 1. The number of aromatic nitrogens is 2. The molecule has 26 heavy (non-hydrogen) atoms. The van der Waals surface area contributed by atoms with Crippen LogP contribution < -0.4 is 20.7 Å². The van der Waals surface area contributed by atoms with E-state index in [9.17, 15) is 5.21 Å². The number of rotatable bonds is 3. The zero-order valence-corrected chi connectivity index (χ0v) is 13.5. The number of hydrogen-bond donors (Lipinski definition) is 3. The van der Waals surface area contributed by atoms with Crippen LogP contribution in [0, 0.1) is 5.41 Å². The third-order valence-corrected chi connectivity index (χ3v) is 3.79. The average molecular weight is 350 g/mol. The Kier molecular flexibility index (Phi) is 3.73. The van der Waals surface area contributed by atoms with Crippen molar-refractivity contribution in [3.8, 4) is 11.5 Å². The predicted molar refractivity (Wildman–Crippen MR) is 93.7 cm³/mol. The van der Waals surface area contributed by atoms with Gasteiger partial charge in [0.15, 0.2) is 28.5 Å². The minimum absolute atomic E-state index is 0.0361. The number of ether oxygens (including phenoxy) is 2. The molecule has 0 bridgehead atoms. The Morgan fingerprint density at radius 1 is 1.23 bits per heavy atom. The van der Waals surface area contributed by atoms with Crippen LogP contribution in [0.3, 0.4) is 0 Å². The summed E-state index contributed by atoms with van der Waals surface area (Å²) in [4.78, 5) is 4.27. The van der Waals surface area contributed by atoms with Crippen molar-refractivity contribution in [2.45, 2.75) is 0 Å². The van der Waals surface area contributed by atoms with E-state index in [4.69, 9.17) is 20.6 Å². The summed E-state index contributed by atoms with van der Waals surface area (Å²) in [6.07, 6.45) is 1.49. The number of nitrogens with two attached hydrogens (primary N) is 1. The van der Waals surface area contributed by atoms with E-state index in [1.165, 1.54) is 6.21 Å². The maximum atomic E-state index is 10.1. The molecule has 0 unspecified atom stereocenters. The fourth-order valence-corrected chi connectivity index (χ4v) is 2.51. The van der Waals surface area contributed by atoms with Gasteiger partial charge in [0, 0.05) is 0 Å². The van der Waals surface area contributed by atoms with Gasteiger partial charge in [0.2, 0.25) is 6.79 Å². The first-order valence-corrected chi connectivity index (χ1v) is 7.65. The van der Waals surface area contributed by atoms with Crippen molar-refractivity contribution in [1.82, 2.24) is 9.71 Å². The second-order valence-corrected chi connectivity index (χ2v) is 5.45. The lowest BCUT2D eigenvalue weighted by Crippen LogP contribution is -2.31. The molecule has 0 fully saturated rings. The van der Waals surface area contributed by atoms with Gasteiger partial charge in [0.1, 0.15) is 5.52 Å². The van der Waals surface area contributed by atoms with Crippen molar-refractivity contribution < 1.29 is 14.7 Å². The highest BCUT2D eigenvalue weighted by Crippen LogP contribution is 2.31. The minimum atomic E-state index is -0.275.